The molecule has 1 fully saturated rings. The molecule has 3 aromatic rings. The van der Waals surface area contributed by atoms with Gasteiger partial charge in [-0.3, -0.25) is 14.7 Å². The van der Waals surface area contributed by atoms with E-state index in [0.717, 1.165) is 49.0 Å². The van der Waals surface area contributed by atoms with Crippen molar-refractivity contribution in [1.82, 2.24) is 9.88 Å². The van der Waals surface area contributed by atoms with Gasteiger partial charge in [0.2, 0.25) is 0 Å². The monoisotopic (exact) mass is 516 g/mol. The average molecular weight is 517 g/mol. The predicted octanol–water partition coefficient (Wildman–Crippen LogP) is 6.36. The second kappa shape index (κ2) is 12.2. The molecule has 1 aliphatic heterocycles. The van der Waals surface area contributed by atoms with Crippen molar-refractivity contribution in [3.05, 3.63) is 53.3 Å². The van der Waals surface area contributed by atoms with Gasteiger partial charge in [0.05, 0.1) is 23.0 Å². The van der Waals surface area contributed by atoms with Gasteiger partial charge in [-0.25, -0.2) is 4.39 Å². The van der Waals surface area contributed by atoms with Crippen LogP contribution in [0.25, 0.3) is 10.9 Å². The number of ether oxygens (including phenoxy) is 1. The number of carbonyl (C=O) groups is 1. The topological polar surface area (TPSA) is 62.7 Å². The maximum absolute atomic E-state index is 14.7. The number of likely N-dealkylation sites (tertiary alicyclic amines) is 1. The number of hydrogen-bond donors (Lipinski definition) is 1. The minimum Gasteiger partial charge on any atom is -0.497 e. The predicted molar refractivity (Wildman–Crippen MR) is 141 cm³/mol. The molecule has 0 aliphatic carbocycles. The van der Waals surface area contributed by atoms with Crippen molar-refractivity contribution in [2.24, 2.45) is 11.8 Å². The zero-order chi connectivity index (χ0) is 24.8. The van der Waals surface area contributed by atoms with Crippen molar-refractivity contribution in [1.29, 1.82) is 0 Å². The molecule has 2 aromatic heterocycles. The molecule has 0 radical (unpaired) electrons. The summed E-state index contributed by atoms with van der Waals surface area (Å²) >= 11 is 3.63. The van der Waals surface area contributed by atoms with Crippen LogP contribution in [0.4, 0.5) is 4.39 Å². The molecule has 0 spiro atoms. The maximum atomic E-state index is 14.7. The van der Waals surface area contributed by atoms with Gasteiger partial charge in [0.1, 0.15) is 11.6 Å². The van der Waals surface area contributed by atoms with Gasteiger partial charge in [0.25, 0.3) is 0 Å². The van der Waals surface area contributed by atoms with Crippen LogP contribution in [0.15, 0.2) is 46.1 Å². The van der Waals surface area contributed by atoms with Crippen LogP contribution in [0, 0.1) is 17.7 Å². The molecule has 8 heteroatoms. The van der Waals surface area contributed by atoms with E-state index in [2.05, 4.69) is 34.3 Å². The molecule has 4 rings (SSSR count). The molecule has 1 aliphatic rings. The third-order valence-corrected chi connectivity index (χ3v) is 9.36. The molecule has 1 aromatic carbocycles. The van der Waals surface area contributed by atoms with Crippen LogP contribution in [0.3, 0.4) is 0 Å². The van der Waals surface area contributed by atoms with Crippen molar-refractivity contribution in [3.63, 3.8) is 0 Å². The number of hydrogen-bond acceptors (Lipinski definition) is 6. The lowest BCUT2D eigenvalue weighted by atomic mass is 9.75. The van der Waals surface area contributed by atoms with E-state index in [4.69, 9.17) is 4.74 Å². The minimum absolute atomic E-state index is 0.104. The Balaban J connectivity index is 1.38. The third kappa shape index (κ3) is 6.54. The molecule has 1 N–H and O–H groups in total. The van der Waals surface area contributed by atoms with Crippen LogP contribution >= 0.6 is 23.1 Å². The molecule has 3 atom stereocenters. The highest BCUT2D eigenvalue weighted by molar-refractivity contribution is 8.01. The fraction of sp³-hybridized carbons (Fsp3) is 0.481. The van der Waals surface area contributed by atoms with E-state index in [1.807, 2.05) is 30.0 Å². The fourth-order valence-corrected chi connectivity index (χ4v) is 7.20. The summed E-state index contributed by atoms with van der Waals surface area (Å²) < 4.78 is 21.4. The van der Waals surface area contributed by atoms with Crippen LogP contribution in [0.1, 0.15) is 38.2 Å². The zero-order valence-corrected chi connectivity index (χ0v) is 21.9. The van der Waals surface area contributed by atoms with E-state index >= 15 is 0 Å². The second-order valence-corrected chi connectivity index (χ2v) is 11.6. The van der Waals surface area contributed by atoms with E-state index in [1.165, 1.54) is 10.4 Å². The Labute approximate surface area is 214 Å². The first-order chi connectivity index (χ1) is 17.0. The molecular formula is C27H33FN2O3S2. The number of aryl methyl sites for hydroxylation is 1. The number of fused-ring (bicyclic) bond motifs is 1. The summed E-state index contributed by atoms with van der Waals surface area (Å²) in [5, 5.41) is 12.5. The summed E-state index contributed by atoms with van der Waals surface area (Å²) in [7, 11) is 1.60. The zero-order valence-electron chi connectivity index (χ0n) is 20.3. The van der Waals surface area contributed by atoms with Crippen molar-refractivity contribution < 1.29 is 19.0 Å². The number of aromatic nitrogens is 1. The lowest BCUT2D eigenvalue weighted by molar-refractivity contribution is -0.140. The van der Waals surface area contributed by atoms with Crippen molar-refractivity contribution in [2.75, 3.05) is 26.0 Å². The number of pyridine rings is 1. The van der Waals surface area contributed by atoms with Crippen molar-refractivity contribution in [3.8, 4) is 5.75 Å². The first-order valence-electron chi connectivity index (χ1n) is 12.2. The van der Waals surface area contributed by atoms with Gasteiger partial charge in [0.15, 0.2) is 0 Å². The summed E-state index contributed by atoms with van der Waals surface area (Å²) in [5.41, 5.74) is 1.42. The highest BCUT2D eigenvalue weighted by Crippen LogP contribution is 2.36. The summed E-state index contributed by atoms with van der Waals surface area (Å²) in [6.07, 6.45) is 4.78. The van der Waals surface area contributed by atoms with E-state index in [0.29, 0.717) is 23.7 Å². The van der Waals surface area contributed by atoms with Crippen LogP contribution in [0.2, 0.25) is 0 Å². The summed E-state index contributed by atoms with van der Waals surface area (Å²) in [5.74, 6) is 1.10. The molecule has 3 unspecified atom stereocenters. The molecule has 0 saturated carbocycles. The number of thiophene rings is 1. The number of halogens is 1. The maximum Gasteiger partial charge on any atom is 0.303 e. The molecule has 1 saturated heterocycles. The largest absolute Gasteiger partial charge is 0.497 e. The van der Waals surface area contributed by atoms with Gasteiger partial charge >= 0.3 is 5.97 Å². The molecule has 5 nitrogen and oxygen atoms in total. The number of rotatable bonds is 11. The van der Waals surface area contributed by atoms with Crippen molar-refractivity contribution >= 4 is 40.0 Å². The molecule has 188 valence electrons. The Kier molecular flexibility index (Phi) is 9.03. The Bertz CT molecular complexity index is 1130. The second-order valence-electron chi connectivity index (χ2n) is 9.23. The highest BCUT2D eigenvalue weighted by atomic mass is 32.2. The van der Waals surface area contributed by atoms with Gasteiger partial charge in [0, 0.05) is 30.1 Å². The average Bonchev–Trinajstić information content (AvgIpc) is 3.36. The number of benzene rings is 1. The number of methoxy groups -OCH3 is 1. The van der Waals surface area contributed by atoms with Gasteiger partial charge in [-0.15, -0.1) is 23.1 Å². The van der Waals surface area contributed by atoms with Crippen LogP contribution in [0.5, 0.6) is 5.75 Å². The molecule has 35 heavy (non-hydrogen) atoms. The highest BCUT2D eigenvalue weighted by Gasteiger charge is 2.36. The SMILES string of the molecule is COc1ccc2ncc(F)c(CCCC3CCN(CCSc4cccs4)C(C)C3CC(=O)O)c2c1. The Morgan fingerprint density at radius 2 is 2.23 bits per heavy atom. The van der Waals surface area contributed by atoms with E-state index in [1.54, 1.807) is 18.4 Å². The van der Waals surface area contributed by atoms with Crippen LogP contribution in [-0.2, 0) is 11.2 Å². The first-order valence-corrected chi connectivity index (χ1v) is 14.1. The molecule has 0 amide bonds. The molecular weight excluding hydrogens is 483 g/mol. The number of carboxylic acid groups (broad SMARTS) is 1. The Morgan fingerprint density at radius 3 is 2.97 bits per heavy atom. The number of piperidine rings is 1. The summed E-state index contributed by atoms with van der Waals surface area (Å²) in [6.45, 7) is 4.12. The summed E-state index contributed by atoms with van der Waals surface area (Å²) in [6, 6.07) is 9.97. The first kappa shape index (κ1) is 25.9. The number of nitrogens with zero attached hydrogens (tertiary/aromatic N) is 2. The van der Waals surface area contributed by atoms with Crippen LogP contribution in [-0.4, -0.2) is 53.0 Å². The lowest BCUT2D eigenvalue weighted by Gasteiger charge is -2.44. The standard InChI is InChI=1S/C27H33FN2O3S2/c1-18-22(16-26(31)32)19(10-11-30(18)12-14-35-27-7-4-13-34-27)5-3-6-21-23-15-20(33-2)8-9-25(23)29-17-24(21)28/h4,7-9,13,15,17-19,22H,3,5-6,10-12,14,16H2,1-2H3,(H,31,32). The van der Waals surface area contributed by atoms with Gasteiger partial charge < -0.3 is 9.84 Å². The minimum atomic E-state index is -0.736. The number of aliphatic carboxylic acids is 1. The van der Waals surface area contributed by atoms with Gasteiger partial charge in [-0.05, 0) is 86.2 Å². The quantitative estimate of drug-likeness (QED) is 0.299. The Morgan fingerprint density at radius 1 is 1.37 bits per heavy atom. The number of carboxylic acids is 1. The summed E-state index contributed by atoms with van der Waals surface area (Å²) in [4.78, 5) is 18.4. The Hall–Kier alpha value is -2.16. The number of thioether (sulfide) groups is 1. The van der Waals surface area contributed by atoms with Crippen molar-refractivity contribution in [2.45, 2.75) is 49.3 Å². The van der Waals surface area contributed by atoms with Crippen LogP contribution < -0.4 is 4.74 Å². The van der Waals surface area contributed by atoms with E-state index in [9.17, 15) is 14.3 Å². The lowest BCUT2D eigenvalue weighted by Crippen LogP contribution is -2.49. The van der Waals surface area contributed by atoms with E-state index in [-0.39, 0.29) is 24.2 Å². The normalized spacial score (nSPS) is 20.8. The fourth-order valence-electron chi connectivity index (χ4n) is 5.36. The van der Waals surface area contributed by atoms with E-state index < -0.39 is 5.97 Å². The third-order valence-electron chi connectivity index (χ3n) is 7.25. The van der Waals surface area contributed by atoms with Gasteiger partial charge in [-0.2, -0.15) is 0 Å². The molecule has 3 heterocycles. The van der Waals surface area contributed by atoms with Gasteiger partial charge in [-0.1, -0.05) is 6.07 Å². The smallest absolute Gasteiger partial charge is 0.303 e. The molecule has 0 bridgehead atoms.